The molecule has 0 bridgehead atoms. The van der Waals surface area contributed by atoms with Crippen LogP contribution in [0.2, 0.25) is 0 Å². The van der Waals surface area contributed by atoms with Gasteiger partial charge in [-0.05, 0) is 19.4 Å². The van der Waals surface area contributed by atoms with Crippen molar-refractivity contribution in [2.24, 2.45) is 0 Å². The molecule has 5 heavy (non-hydrogen) atoms. The van der Waals surface area contributed by atoms with Gasteiger partial charge >= 0.3 is 0 Å². The molecule has 0 amide bonds. The summed E-state index contributed by atoms with van der Waals surface area (Å²) in [4.78, 5) is 0. The highest BCUT2D eigenvalue weighted by Gasteiger charge is 1.41. The predicted octanol–water partition coefficient (Wildman–Crippen LogP) is 1.15. The lowest BCUT2D eigenvalue weighted by Crippen LogP contribution is -1.34. The van der Waals surface area contributed by atoms with Crippen LogP contribution in [0.15, 0.2) is 12.2 Å². The maximum absolute atomic E-state index is 6.27. The van der Waals surface area contributed by atoms with Crippen LogP contribution in [0.25, 0.3) is 0 Å². The van der Waals surface area contributed by atoms with Crippen LogP contribution in [0.5, 0.6) is 0 Å². The van der Waals surface area contributed by atoms with Crippen molar-refractivity contribution >= 4 is 0 Å². The molecule has 0 saturated heterocycles. The summed E-state index contributed by atoms with van der Waals surface area (Å²) >= 11 is 0. The molecule has 0 atom stereocenters. The van der Waals surface area contributed by atoms with E-state index in [1.165, 1.54) is 0 Å². The lowest BCUT2D eigenvalue weighted by atomic mass is 10.6. The molecule has 0 aromatic heterocycles. The Morgan fingerprint density at radius 1 is 1.80 bits per heavy atom. The molecule has 0 rings (SSSR count). The molecule has 0 unspecified atom stereocenters. The molecule has 0 nitrogen and oxygen atoms in total. The van der Waals surface area contributed by atoms with E-state index >= 15 is 0 Å². The van der Waals surface area contributed by atoms with Crippen molar-refractivity contribution in [2.45, 2.75) is 6.92 Å². The molecule has 0 fully saturated rings. The number of hydrogen-bond donors (Lipinski definition) is 0. The molecular weight excluding hydrogens is 60.1 g/mol. The van der Waals surface area contributed by atoms with E-state index in [2.05, 4.69) is 5.92 Å². The Bertz CT molecular complexity index is 62.6. The molecule has 0 saturated carbocycles. The van der Waals surface area contributed by atoms with E-state index in [0.717, 1.165) is 0 Å². The third-order valence-electron chi connectivity index (χ3n) is 0.250. The molecule has 0 aliphatic carbocycles. The van der Waals surface area contributed by atoms with E-state index in [4.69, 9.17) is 6.42 Å². The van der Waals surface area contributed by atoms with Gasteiger partial charge in [0.05, 0.1) is 0 Å². The largest absolute Gasteiger partial charge is 0.0792 e. The van der Waals surface area contributed by atoms with Crippen LogP contribution in [0.1, 0.15) is 6.92 Å². The summed E-state index contributed by atoms with van der Waals surface area (Å²) in [6, 6.07) is 0. The molecule has 0 heterocycles. The van der Waals surface area contributed by atoms with Gasteiger partial charge in [0.1, 0.15) is 0 Å². The van der Waals surface area contributed by atoms with Crippen LogP contribution in [0.4, 0.5) is 0 Å². The number of rotatable bonds is 0. The van der Waals surface area contributed by atoms with Crippen molar-refractivity contribution < 1.29 is 0 Å². The van der Waals surface area contributed by atoms with E-state index in [0.29, 0.717) is 0 Å². The van der Waals surface area contributed by atoms with Gasteiger partial charge in [0.15, 0.2) is 0 Å². The number of hydrogen-bond acceptors (Lipinski definition) is 0. The predicted molar refractivity (Wildman–Crippen MR) is 21.9 cm³/mol. The fraction of sp³-hybridized carbons (Fsp3) is 0.200. The van der Waals surface area contributed by atoms with Gasteiger partial charge in [-0.25, -0.2) is 0 Å². The topological polar surface area (TPSA) is 0 Å². The maximum Gasteiger partial charge on any atom is -0.0102 e. The molecule has 0 N–H and O–H groups in total. The SMILES string of the molecule is [C]#CC=CC. The first kappa shape index (κ1) is 4.30. The fourth-order valence-corrected chi connectivity index (χ4v) is 0.0833. The van der Waals surface area contributed by atoms with Gasteiger partial charge in [-0.3, -0.25) is 0 Å². The molecule has 0 aliphatic rings. The Morgan fingerprint density at radius 2 is 2.40 bits per heavy atom. The zero-order valence-corrected chi connectivity index (χ0v) is 3.15. The Labute approximate surface area is 32.5 Å². The Kier molecular flexibility index (Phi) is 2.84. The minimum Gasteiger partial charge on any atom is -0.0792 e. The quantitative estimate of drug-likeness (QED) is 0.371. The third-order valence-corrected chi connectivity index (χ3v) is 0.250. The first-order valence-corrected chi connectivity index (χ1v) is 1.45. The average molecular weight is 65.1 g/mol. The summed E-state index contributed by atoms with van der Waals surface area (Å²) in [5, 5.41) is 0. The lowest BCUT2D eigenvalue weighted by Gasteiger charge is -1.51. The van der Waals surface area contributed by atoms with E-state index in [9.17, 15) is 0 Å². The van der Waals surface area contributed by atoms with E-state index in [1.54, 1.807) is 12.2 Å². The second kappa shape index (κ2) is 3.30. The molecule has 0 aromatic rings. The summed E-state index contributed by atoms with van der Waals surface area (Å²) < 4.78 is 0. The third kappa shape index (κ3) is 3.30. The highest BCUT2D eigenvalue weighted by molar-refractivity contribution is 5.02. The Balaban J connectivity index is 3.04. The van der Waals surface area contributed by atoms with Gasteiger partial charge in [-0.15, -0.1) is 0 Å². The summed E-state index contributed by atoms with van der Waals surface area (Å²) in [5.74, 6) is 2.09. The van der Waals surface area contributed by atoms with Crippen molar-refractivity contribution in [3.8, 4) is 5.92 Å². The van der Waals surface area contributed by atoms with Crippen LogP contribution in [0.3, 0.4) is 0 Å². The summed E-state index contributed by atoms with van der Waals surface area (Å²) in [6.07, 6.45) is 9.56. The van der Waals surface area contributed by atoms with Crippen LogP contribution in [-0.4, -0.2) is 0 Å². The van der Waals surface area contributed by atoms with Gasteiger partial charge < -0.3 is 0 Å². The average Bonchev–Trinajstić information content (AvgIpc) is 1.41. The van der Waals surface area contributed by atoms with Crippen molar-refractivity contribution in [1.29, 1.82) is 0 Å². The van der Waals surface area contributed by atoms with E-state index in [1.807, 2.05) is 6.92 Å². The fourth-order valence-electron chi connectivity index (χ4n) is 0.0833. The monoisotopic (exact) mass is 65.0 g/mol. The van der Waals surface area contributed by atoms with Crippen LogP contribution < -0.4 is 0 Å². The summed E-state index contributed by atoms with van der Waals surface area (Å²) in [7, 11) is 0. The van der Waals surface area contributed by atoms with Gasteiger partial charge in [-0.1, -0.05) is 12.0 Å². The normalized spacial score (nSPS) is 8.00. The van der Waals surface area contributed by atoms with E-state index in [-0.39, 0.29) is 0 Å². The lowest BCUT2D eigenvalue weighted by molar-refractivity contribution is 1.76. The van der Waals surface area contributed by atoms with Crippen molar-refractivity contribution in [3.63, 3.8) is 0 Å². The first-order valence-electron chi connectivity index (χ1n) is 1.45. The molecule has 25 valence electrons. The Hall–Kier alpha value is -0.700. The molecule has 0 spiro atoms. The van der Waals surface area contributed by atoms with Gasteiger partial charge in [0.25, 0.3) is 0 Å². The van der Waals surface area contributed by atoms with Gasteiger partial charge in [0.2, 0.25) is 0 Å². The molecule has 0 aromatic carbocycles. The zero-order valence-electron chi connectivity index (χ0n) is 3.15. The Morgan fingerprint density at radius 3 is 2.40 bits per heavy atom. The molecule has 1 radical (unpaired) electrons. The summed E-state index contributed by atoms with van der Waals surface area (Å²) in [6.45, 7) is 1.85. The van der Waals surface area contributed by atoms with Crippen LogP contribution >= 0.6 is 0 Å². The van der Waals surface area contributed by atoms with Gasteiger partial charge in [-0.2, -0.15) is 0 Å². The first-order chi connectivity index (χ1) is 2.41. The highest BCUT2D eigenvalue weighted by atomic mass is 13.5. The second-order valence-electron chi connectivity index (χ2n) is 0.644. The smallest absolute Gasteiger partial charge is 0.0102 e. The van der Waals surface area contributed by atoms with Gasteiger partial charge in [0, 0.05) is 0 Å². The van der Waals surface area contributed by atoms with Crippen molar-refractivity contribution in [3.05, 3.63) is 18.6 Å². The molecular formula is C5H5. The molecule has 0 aliphatic heterocycles. The molecule has 0 heteroatoms. The van der Waals surface area contributed by atoms with Crippen LogP contribution in [-0.2, 0) is 0 Å². The van der Waals surface area contributed by atoms with Crippen molar-refractivity contribution in [1.82, 2.24) is 0 Å². The van der Waals surface area contributed by atoms with Crippen molar-refractivity contribution in [2.75, 3.05) is 0 Å². The maximum atomic E-state index is 6.27. The summed E-state index contributed by atoms with van der Waals surface area (Å²) in [5.41, 5.74) is 0. The number of allylic oxidation sites excluding steroid dienone is 2. The zero-order chi connectivity index (χ0) is 4.12. The minimum atomic E-state index is 1.54. The minimum absolute atomic E-state index is 1.54. The van der Waals surface area contributed by atoms with E-state index < -0.39 is 0 Å². The second-order valence-corrected chi connectivity index (χ2v) is 0.644. The standard InChI is InChI=1S/C5H5/c1-3-5-4-2/h3,5H,1H3. The van der Waals surface area contributed by atoms with Crippen LogP contribution in [0, 0.1) is 12.3 Å². The highest BCUT2D eigenvalue weighted by Crippen LogP contribution is 1.58.